The molecule has 2 heterocycles. The number of hydrogen-bond acceptors (Lipinski definition) is 5. The molecule has 1 aliphatic rings. The van der Waals surface area contributed by atoms with Gasteiger partial charge in [0.1, 0.15) is 10.9 Å². The lowest BCUT2D eigenvalue weighted by molar-refractivity contribution is -0.129. The smallest absolute Gasteiger partial charge is 0.346 e. The van der Waals surface area contributed by atoms with E-state index in [4.69, 9.17) is 15.6 Å². The average Bonchev–Trinajstić information content (AvgIpc) is 2.77. The molecule has 0 aliphatic carbocycles. The number of nitrogens with zero attached hydrogens (tertiary/aromatic N) is 1. The minimum absolute atomic E-state index is 0.266. The molecule has 6 nitrogen and oxygen atoms in total. The molecule has 1 aromatic rings. The fourth-order valence-electron chi connectivity index (χ4n) is 1.96. The van der Waals surface area contributed by atoms with E-state index in [1.54, 1.807) is 11.4 Å². The van der Waals surface area contributed by atoms with Crippen molar-refractivity contribution in [2.45, 2.75) is 12.6 Å². The van der Waals surface area contributed by atoms with Crippen molar-refractivity contribution < 1.29 is 19.4 Å². The SMILES string of the molecule is NC(=O)C1COCCN1Cc1ccsc1C(=O)O. The van der Waals surface area contributed by atoms with E-state index in [-0.39, 0.29) is 6.61 Å². The van der Waals surface area contributed by atoms with Crippen LogP contribution in [0.2, 0.25) is 0 Å². The van der Waals surface area contributed by atoms with Crippen LogP contribution < -0.4 is 5.73 Å². The van der Waals surface area contributed by atoms with Gasteiger partial charge in [-0.1, -0.05) is 0 Å². The number of rotatable bonds is 4. The van der Waals surface area contributed by atoms with Gasteiger partial charge in [0.15, 0.2) is 0 Å². The van der Waals surface area contributed by atoms with Crippen molar-refractivity contribution in [3.05, 3.63) is 21.9 Å². The molecule has 0 aromatic carbocycles. The van der Waals surface area contributed by atoms with Crippen molar-refractivity contribution in [1.82, 2.24) is 4.90 Å². The third kappa shape index (κ3) is 2.69. The van der Waals surface area contributed by atoms with Crippen LogP contribution in [0.25, 0.3) is 0 Å². The first-order valence-corrected chi connectivity index (χ1v) is 6.38. The Bertz CT molecular complexity index is 460. The van der Waals surface area contributed by atoms with Crippen LogP contribution in [0.1, 0.15) is 15.2 Å². The fourth-order valence-corrected chi connectivity index (χ4v) is 2.71. The van der Waals surface area contributed by atoms with Crippen LogP contribution in [0.5, 0.6) is 0 Å². The highest BCUT2D eigenvalue weighted by molar-refractivity contribution is 7.12. The lowest BCUT2D eigenvalue weighted by Gasteiger charge is -2.33. The van der Waals surface area contributed by atoms with Gasteiger partial charge in [0.05, 0.1) is 13.2 Å². The maximum absolute atomic E-state index is 11.3. The maximum atomic E-state index is 11.3. The molecule has 1 amide bonds. The molecule has 7 heteroatoms. The third-order valence-electron chi connectivity index (χ3n) is 2.88. The van der Waals surface area contributed by atoms with Gasteiger partial charge in [-0.15, -0.1) is 11.3 Å². The normalized spacial score (nSPS) is 20.8. The molecule has 98 valence electrons. The molecule has 1 aliphatic heterocycles. The standard InChI is InChI=1S/C11H14N2O4S/c12-10(14)8-6-17-3-2-13(8)5-7-1-4-18-9(7)11(15)16/h1,4,8H,2-3,5-6H2,(H2,12,14)(H,15,16). The van der Waals surface area contributed by atoms with E-state index < -0.39 is 17.9 Å². The summed E-state index contributed by atoms with van der Waals surface area (Å²) in [5, 5.41) is 10.8. The van der Waals surface area contributed by atoms with Crippen LogP contribution in [-0.4, -0.2) is 47.7 Å². The molecule has 0 radical (unpaired) electrons. The number of amides is 1. The van der Waals surface area contributed by atoms with Gasteiger partial charge in [0, 0.05) is 13.1 Å². The topological polar surface area (TPSA) is 92.9 Å². The van der Waals surface area contributed by atoms with E-state index in [2.05, 4.69) is 0 Å². The highest BCUT2D eigenvalue weighted by Crippen LogP contribution is 2.20. The Labute approximate surface area is 108 Å². The zero-order valence-corrected chi connectivity index (χ0v) is 10.5. The van der Waals surface area contributed by atoms with E-state index in [0.717, 1.165) is 0 Å². The van der Waals surface area contributed by atoms with Gasteiger partial charge in [-0.05, 0) is 17.0 Å². The van der Waals surface area contributed by atoms with Gasteiger partial charge >= 0.3 is 5.97 Å². The number of carboxylic acid groups (broad SMARTS) is 1. The zero-order chi connectivity index (χ0) is 13.1. The van der Waals surface area contributed by atoms with E-state index in [0.29, 0.717) is 30.1 Å². The molecule has 1 saturated heterocycles. The van der Waals surface area contributed by atoms with Crippen molar-refractivity contribution >= 4 is 23.2 Å². The highest BCUT2D eigenvalue weighted by Gasteiger charge is 2.28. The molecule has 18 heavy (non-hydrogen) atoms. The van der Waals surface area contributed by atoms with Gasteiger partial charge in [-0.3, -0.25) is 9.69 Å². The number of primary amides is 1. The van der Waals surface area contributed by atoms with Crippen LogP contribution >= 0.6 is 11.3 Å². The molecule has 1 aromatic heterocycles. The van der Waals surface area contributed by atoms with Gasteiger partial charge in [-0.25, -0.2) is 4.79 Å². The number of aromatic carboxylic acids is 1. The summed E-state index contributed by atoms with van der Waals surface area (Å²) in [6, 6.07) is 1.28. The molecular formula is C11H14N2O4S. The van der Waals surface area contributed by atoms with Crippen molar-refractivity contribution in [1.29, 1.82) is 0 Å². The van der Waals surface area contributed by atoms with Gasteiger partial charge in [0.25, 0.3) is 0 Å². The quantitative estimate of drug-likeness (QED) is 0.811. The Balaban J connectivity index is 2.13. The Morgan fingerprint density at radius 3 is 3.06 bits per heavy atom. The summed E-state index contributed by atoms with van der Waals surface area (Å²) in [4.78, 5) is 24.5. The van der Waals surface area contributed by atoms with Gasteiger partial charge in [-0.2, -0.15) is 0 Å². The van der Waals surface area contributed by atoms with Crippen molar-refractivity contribution in [3.8, 4) is 0 Å². The number of nitrogens with two attached hydrogens (primary N) is 1. The minimum Gasteiger partial charge on any atom is -0.477 e. The third-order valence-corrected chi connectivity index (χ3v) is 3.83. The van der Waals surface area contributed by atoms with Gasteiger partial charge in [0.2, 0.25) is 5.91 Å². The number of thiophene rings is 1. The second-order valence-electron chi connectivity index (χ2n) is 4.04. The molecule has 2 rings (SSSR count). The van der Waals surface area contributed by atoms with Crippen molar-refractivity contribution in [2.75, 3.05) is 19.8 Å². The van der Waals surface area contributed by atoms with E-state index in [1.807, 2.05) is 4.90 Å². The minimum atomic E-state index is -0.941. The zero-order valence-electron chi connectivity index (χ0n) is 9.67. The first-order chi connectivity index (χ1) is 8.59. The number of carbonyl (C=O) groups excluding carboxylic acids is 1. The summed E-state index contributed by atoms with van der Waals surface area (Å²) in [6.45, 7) is 1.77. The Morgan fingerprint density at radius 2 is 2.39 bits per heavy atom. The summed E-state index contributed by atoms with van der Waals surface area (Å²) < 4.78 is 5.21. The van der Waals surface area contributed by atoms with Crippen molar-refractivity contribution in [3.63, 3.8) is 0 Å². The predicted octanol–water partition coefficient (Wildman–Crippen LogP) is 0.132. The van der Waals surface area contributed by atoms with E-state index >= 15 is 0 Å². The Morgan fingerprint density at radius 1 is 1.61 bits per heavy atom. The Hall–Kier alpha value is -1.44. The van der Waals surface area contributed by atoms with E-state index in [1.165, 1.54) is 11.3 Å². The number of morpholine rings is 1. The van der Waals surface area contributed by atoms with Crippen LogP contribution in [0, 0.1) is 0 Å². The number of carbonyl (C=O) groups is 2. The first kappa shape index (κ1) is 13.0. The van der Waals surface area contributed by atoms with Crippen LogP contribution in [0.3, 0.4) is 0 Å². The second kappa shape index (κ2) is 5.47. The summed E-state index contributed by atoms with van der Waals surface area (Å²) in [5.41, 5.74) is 6.02. The predicted molar refractivity (Wildman–Crippen MR) is 65.5 cm³/mol. The number of hydrogen-bond donors (Lipinski definition) is 2. The molecular weight excluding hydrogens is 256 g/mol. The molecule has 0 bridgehead atoms. The molecule has 1 fully saturated rings. The van der Waals surface area contributed by atoms with Crippen molar-refractivity contribution in [2.24, 2.45) is 5.73 Å². The van der Waals surface area contributed by atoms with Crippen LogP contribution in [0.4, 0.5) is 0 Å². The largest absolute Gasteiger partial charge is 0.477 e. The summed E-state index contributed by atoms with van der Waals surface area (Å²) in [5.74, 6) is -1.38. The average molecular weight is 270 g/mol. The Kier molecular flexibility index (Phi) is 3.95. The number of carboxylic acids is 1. The molecule has 1 unspecified atom stereocenters. The molecule has 0 saturated carbocycles. The molecule has 3 N–H and O–H groups in total. The highest BCUT2D eigenvalue weighted by atomic mass is 32.1. The molecule has 1 atom stereocenters. The van der Waals surface area contributed by atoms with Crippen LogP contribution in [-0.2, 0) is 16.1 Å². The van der Waals surface area contributed by atoms with E-state index in [9.17, 15) is 9.59 Å². The summed E-state index contributed by atoms with van der Waals surface area (Å²) >= 11 is 1.18. The second-order valence-corrected chi connectivity index (χ2v) is 4.96. The number of ether oxygens (including phenoxy) is 1. The van der Waals surface area contributed by atoms with Crippen LogP contribution in [0.15, 0.2) is 11.4 Å². The lowest BCUT2D eigenvalue weighted by atomic mass is 10.1. The monoisotopic (exact) mass is 270 g/mol. The summed E-state index contributed by atoms with van der Waals surface area (Å²) in [6.07, 6.45) is 0. The fraction of sp³-hybridized carbons (Fsp3) is 0.455. The first-order valence-electron chi connectivity index (χ1n) is 5.50. The van der Waals surface area contributed by atoms with Gasteiger partial charge < -0.3 is 15.6 Å². The summed E-state index contributed by atoms with van der Waals surface area (Å²) in [7, 11) is 0. The lowest BCUT2D eigenvalue weighted by Crippen LogP contribution is -2.51. The maximum Gasteiger partial charge on any atom is 0.346 e. The molecule has 0 spiro atoms.